The number of aromatic hydroxyl groups is 1. The number of carbonyl (C=O) groups excluding carboxylic acids is 1. The average molecular weight is 322 g/mol. The zero-order chi connectivity index (χ0) is 16.1. The average Bonchev–Trinajstić information content (AvgIpc) is 2.97. The number of hydrogen-bond donors (Lipinski definition) is 2. The monoisotopic (exact) mass is 322 g/mol. The second-order valence-corrected chi connectivity index (χ2v) is 5.06. The summed E-state index contributed by atoms with van der Waals surface area (Å²) < 4.78 is 7.91. The standard InChI is InChI=1S/C13H14N4O4S/c1-2-3-6-14-13(19)12-11(15-22-16-12)9-7-8(17(20)21)4-5-10(9)18/h4-5,7,18H,2-3,6H2,1H3,(H,14,19). The number of non-ortho nitro benzene ring substituents is 1. The van der Waals surface area contributed by atoms with Gasteiger partial charge in [0.25, 0.3) is 11.6 Å². The molecular weight excluding hydrogens is 308 g/mol. The van der Waals surface area contributed by atoms with E-state index in [0.29, 0.717) is 6.54 Å². The molecule has 0 radical (unpaired) electrons. The largest absolute Gasteiger partial charge is 0.507 e. The van der Waals surface area contributed by atoms with Crippen LogP contribution in [0.4, 0.5) is 5.69 Å². The van der Waals surface area contributed by atoms with Crippen LogP contribution in [0.3, 0.4) is 0 Å². The molecule has 22 heavy (non-hydrogen) atoms. The molecule has 0 unspecified atom stereocenters. The lowest BCUT2D eigenvalue weighted by Crippen LogP contribution is -2.25. The Morgan fingerprint density at radius 3 is 2.91 bits per heavy atom. The predicted octanol–water partition coefficient (Wildman–Crippen LogP) is 2.35. The van der Waals surface area contributed by atoms with Crippen LogP contribution in [0.5, 0.6) is 5.75 Å². The van der Waals surface area contributed by atoms with Crippen LogP contribution >= 0.6 is 11.7 Å². The Kier molecular flexibility index (Phi) is 4.99. The summed E-state index contributed by atoms with van der Waals surface area (Å²) in [7, 11) is 0. The highest BCUT2D eigenvalue weighted by Crippen LogP contribution is 2.33. The zero-order valence-corrected chi connectivity index (χ0v) is 12.6. The first-order valence-electron chi connectivity index (χ1n) is 6.63. The Labute approximate surface area is 130 Å². The Morgan fingerprint density at radius 1 is 1.45 bits per heavy atom. The van der Waals surface area contributed by atoms with Gasteiger partial charge in [-0.1, -0.05) is 13.3 Å². The van der Waals surface area contributed by atoms with Crippen molar-refractivity contribution in [2.45, 2.75) is 19.8 Å². The van der Waals surface area contributed by atoms with Crippen LogP contribution in [0.15, 0.2) is 18.2 Å². The quantitative estimate of drug-likeness (QED) is 0.479. The van der Waals surface area contributed by atoms with Crippen molar-refractivity contribution in [2.24, 2.45) is 0 Å². The van der Waals surface area contributed by atoms with Crippen LogP contribution in [0.1, 0.15) is 30.3 Å². The number of rotatable bonds is 6. The van der Waals surface area contributed by atoms with E-state index in [1.54, 1.807) is 0 Å². The fraction of sp³-hybridized carbons (Fsp3) is 0.308. The van der Waals surface area contributed by atoms with Gasteiger partial charge in [0.1, 0.15) is 11.4 Å². The minimum atomic E-state index is -0.580. The maximum atomic E-state index is 12.1. The number of unbranched alkanes of at least 4 members (excludes halogenated alkanes) is 1. The van der Waals surface area contributed by atoms with Crippen molar-refractivity contribution in [1.29, 1.82) is 0 Å². The molecule has 1 amide bonds. The van der Waals surface area contributed by atoms with E-state index in [2.05, 4.69) is 14.1 Å². The lowest BCUT2D eigenvalue weighted by Gasteiger charge is -2.05. The van der Waals surface area contributed by atoms with Crippen LogP contribution < -0.4 is 5.32 Å². The van der Waals surface area contributed by atoms with Crippen molar-refractivity contribution < 1.29 is 14.8 Å². The molecule has 0 bridgehead atoms. The number of phenols is 1. The number of aromatic nitrogens is 2. The highest BCUT2D eigenvalue weighted by Gasteiger charge is 2.22. The number of phenolic OH excluding ortho intramolecular Hbond substituents is 1. The lowest BCUT2D eigenvalue weighted by atomic mass is 10.1. The summed E-state index contributed by atoms with van der Waals surface area (Å²) in [4.78, 5) is 22.3. The summed E-state index contributed by atoms with van der Waals surface area (Å²) in [6, 6.07) is 3.56. The van der Waals surface area contributed by atoms with E-state index in [0.717, 1.165) is 24.6 Å². The maximum absolute atomic E-state index is 12.1. The SMILES string of the molecule is CCCCNC(=O)c1nsnc1-c1cc([N+](=O)[O-])ccc1O. The van der Waals surface area contributed by atoms with Gasteiger partial charge in [-0.25, -0.2) is 0 Å². The molecule has 0 aliphatic rings. The van der Waals surface area contributed by atoms with Gasteiger partial charge in [-0.3, -0.25) is 14.9 Å². The molecule has 0 aliphatic heterocycles. The molecule has 1 heterocycles. The first-order chi connectivity index (χ1) is 10.5. The van der Waals surface area contributed by atoms with Crippen molar-refractivity contribution >= 4 is 23.3 Å². The third-order valence-electron chi connectivity index (χ3n) is 2.97. The summed E-state index contributed by atoms with van der Waals surface area (Å²) in [5, 5.41) is 23.4. The minimum absolute atomic E-state index is 0.0527. The van der Waals surface area contributed by atoms with E-state index >= 15 is 0 Å². The van der Waals surface area contributed by atoms with Crippen LogP contribution in [0, 0.1) is 10.1 Å². The van der Waals surface area contributed by atoms with Crippen LogP contribution in [-0.2, 0) is 0 Å². The minimum Gasteiger partial charge on any atom is -0.507 e. The molecule has 0 saturated heterocycles. The van der Waals surface area contributed by atoms with Crippen molar-refractivity contribution in [3.8, 4) is 17.0 Å². The van der Waals surface area contributed by atoms with E-state index < -0.39 is 10.8 Å². The molecule has 0 spiro atoms. The smallest absolute Gasteiger partial charge is 0.273 e. The molecule has 2 N–H and O–H groups in total. The maximum Gasteiger partial charge on any atom is 0.273 e. The third kappa shape index (κ3) is 3.37. The van der Waals surface area contributed by atoms with Gasteiger partial charge < -0.3 is 10.4 Å². The van der Waals surface area contributed by atoms with Crippen LogP contribution in [-0.4, -0.2) is 31.2 Å². The van der Waals surface area contributed by atoms with E-state index in [1.165, 1.54) is 18.2 Å². The second kappa shape index (κ2) is 6.94. The fourth-order valence-electron chi connectivity index (χ4n) is 1.80. The molecule has 2 rings (SSSR count). The summed E-state index contributed by atoms with van der Waals surface area (Å²) in [5.74, 6) is -0.607. The summed E-state index contributed by atoms with van der Waals surface area (Å²) in [6.07, 6.45) is 1.77. The number of benzene rings is 1. The molecule has 0 aliphatic carbocycles. The molecule has 2 aromatic rings. The van der Waals surface area contributed by atoms with Crippen molar-refractivity contribution in [1.82, 2.24) is 14.1 Å². The number of nitrogens with zero attached hydrogens (tertiary/aromatic N) is 3. The lowest BCUT2D eigenvalue weighted by molar-refractivity contribution is -0.384. The van der Waals surface area contributed by atoms with Gasteiger partial charge >= 0.3 is 0 Å². The Hall–Kier alpha value is -2.55. The van der Waals surface area contributed by atoms with Crippen molar-refractivity contribution in [3.63, 3.8) is 0 Å². The zero-order valence-electron chi connectivity index (χ0n) is 11.8. The summed E-state index contributed by atoms with van der Waals surface area (Å²) in [6.45, 7) is 2.51. The fourth-order valence-corrected chi connectivity index (χ4v) is 2.36. The van der Waals surface area contributed by atoms with E-state index in [9.17, 15) is 20.0 Å². The number of nitro groups is 1. The van der Waals surface area contributed by atoms with E-state index in [-0.39, 0.29) is 28.4 Å². The first kappa shape index (κ1) is 15.8. The Morgan fingerprint density at radius 2 is 2.23 bits per heavy atom. The van der Waals surface area contributed by atoms with Gasteiger partial charge in [-0.15, -0.1) is 0 Å². The predicted molar refractivity (Wildman–Crippen MR) is 80.9 cm³/mol. The Bertz CT molecular complexity index is 701. The number of nitrogens with one attached hydrogen (secondary N) is 1. The molecular formula is C13H14N4O4S. The molecule has 116 valence electrons. The molecule has 0 saturated carbocycles. The van der Waals surface area contributed by atoms with E-state index in [1.807, 2.05) is 6.92 Å². The van der Waals surface area contributed by atoms with Crippen molar-refractivity contribution in [3.05, 3.63) is 34.0 Å². The highest BCUT2D eigenvalue weighted by molar-refractivity contribution is 6.99. The van der Waals surface area contributed by atoms with Gasteiger partial charge in [0, 0.05) is 18.7 Å². The molecule has 8 nitrogen and oxygen atoms in total. The normalized spacial score (nSPS) is 10.4. The molecule has 9 heteroatoms. The topological polar surface area (TPSA) is 118 Å². The summed E-state index contributed by atoms with van der Waals surface area (Å²) >= 11 is 0.810. The third-order valence-corrected chi connectivity index (χ3v) is 3.49. The van der Waals surface area contributed by atoms with Gasteiger partial charge in [-0.2, -0.15) is 8.75 Å². The molecule has 0 atom stereocenters. The van der Waals surface area contributed by atoms with Gasteiger partial charge in [0.05, 0.1) is 22.2 Å². The number of hydrogen-bond acceptors (Lipinski definition) is 7. The first-order valence-corrected chi connectivity index (χ1v) is 7.36. The van der Waals surface area contributed by atoms with Crippen LogP contribution in [0.25, 0.3) is 11.3 Å². The molecule has 0 fully saturated rings. The van der Waals surface area contributed by atoms with Crippen molar-refractivity contribution in [2.75, 3.05) is 6.54 Å². The number of amides is 1. The van der Waals surface area contributed by atoms with Gasteiger partial charge in [-0.05, 0) is 12.5 Å². The van der Waals surface area contributed by atoms with Gasteiger partial charge in [0.15, 0.2) is 5.69 Å². The molecule has 1 aromatic heterocycles. The highest BCUT2D eigenvalue weighted by atomic mass is 32.1. The Balaban J connectivity index is 2.34. The van der Waals surface area contributed by atoms with Crippen LogP contribution in [0.2, 0.25) is 0 Å². The molecule has 1 aromatic carbocycles. The summed E-state index contributed by atoms with van der Waals surface area (Å²) in [5.41, 5.74) is 0.110. The second-order valence-electron chi connectivity index (χ2n) is 4.53. The number of nitro benzene ring substituents is 1. The van der Waals surface area contributed by atoms with E-state index in [4.69, 9.17) is 0 Å². The number of carbonyl (C=O) groups is 1. The van der Waals surface area contributed by atoms with Gasteiger partial charge in [0.2, 0.25) is 0 Å².